The lowest BCUT2D eigenvalue weighted by atomic mass is 10.0. The number of hydrogen-bond donors (Lipinski definition) is 2. The predicted molar refractivity (Wildman–Crippen MR) is 105 cm³/mol. The van der Waals surface area contributed by atoms with Crippen LogP contribution in [0.1, 0.15) is 28.2 Å². The number of nitrogens with zero attached hydrogens (tertiary/aromatic N) is 2. The summed E-state index contributed by atoms with van der Waals surface area (Å²) in [5.74, 6) is 0.215. The normalized spacial score (nSPS) is 19.9. The molecule has 0 bridgehead atoms. The van der Waals surface area contributed by atoms with Crippen molar-refractivity contribution in [3.8, 4) is 5.75 Å². The number of aromatic nitrogens is 1. The van der Waals surface area contributed by atoms with Gasteiger partial charge in [0, 0.05) is 11.1 Å². The number of rotatable bonds is 3. The van der Waals surface area contributed by atoms with E-state index in [0.29, 0.717) is 10.8 Å². The molecule has 6 heteroatoms. The maximum absolute atomic E-state index is 10.4. The molecule has 0 saturated carbocycles. The van der Waals surface area contributed by atoms with Crippen LogP contribution in [0, 0.1) is 6.92 Å². The van der Waals surface area contributed by atoms with E-state index >= 15 is 0 Å². The highest BCUT2D eigenvalue weighted by molar-refractivity contribution is 7.80. The zero-order valence-electron chi connectivity index (χ0n) is 13.6. The number of hydrogen-bond acceptors (Lipinski definition) is 4. The predicted octanol–water partition coefficient (Wildman–Crippen LogP) is 4.33. The number of aryl methyl sites for hydroxylation is 1. The van der Waals surface area contributed by atoms with Crippen LogP contribution in [-0.2, 0) is 0 Å². The number of phenolic OH excluding ortho intramolecular Hbond substituents is 1. The van der Waals surface area contributed by atoms with E-state index < -0.39 is 0 Å². The van der Waals surface area contributed by atoms with Crippen LogP contribution in [0.4, 0.5) is 5.69 Å². The van der Waals surface area contributed by atoms with E-state index in [9.17, 15) is 5.11 Å². The molecule has 1 aromatic carbocycles. The van der Waals surface area contributed by atoms with Crippen molar-refractivity contribution in [3.63, 3.8) is 0 Å². The molecule has 3 heterocycles. The lowest BCUT2D eigenvalue weighted by molar-refractivity contribution is 0.473. The number of nitrogens with one attached hydrogen (secondary N) is 1. The van der Waals surface area contributed by atoms with Crippen LogP contribution in [0.15, 0.2) is 60.1 Å². The summed E-state index contributed by atoms with van der Waals surface area (Å²) < 4.78 is 0. The first-order valence-corrected chi connectivity index (χ1v) is 9.28. The number of phenols is 1. The molecule has 1 saturated heterocycles. The van der Waals surface area contributed by atoms with Crippen LogP contribution in [-0.4, -0.2) is 15.2 Å². The summed E-state index contributed by atoms with van der Waals surface area (Å²) in [7, 11) is 0. The van der Waals surface area contributed by atoms with Gasteiger partial charge in [-0.05, 0) is 60.4 Å². The fourth-order valence-corrected chi connectivity index (χ4v) is 4.63. The van der Waals surface area contributed by atoms with Gasteiger partial charge >= 0.3 is 0 Å². The Morgan fingerprint density at radius 2 is 1.96 bits per heavy atom. The van der Waals surface area contributed by atoms with Gasteiger partial charge in [-0.3, -0.25) is 4.98 Å². The molecule has 2 aromatic heterocycles. The molecule has 126 valence electrons. The van der Waals surface area contributed by atoms with E-state index in [2.05, 4.69) is 28.7 Å². The quantitative estimate of drug-likeness (QED) is 0.675. The van der Waals surface area contributed by atoms with Crippen molar-refractivity contribution < 1.29 is 5.11 Å². The molecular weight excluding hydrogens is 350 g/mol. The van der Waals surface area contributed by atoms with Gasteiger partial charge in [0.1, 0.15) is 5.75 Å². The molecule has 2 N–H and O–H groups in total. The van der Waals surface area contributed by atoms with Gasteiger partial charge in [-0.25, -0.2) is 0 Å². The number of para-hydroxylation sites is 2. The number of aromatic hydroxyl groups is 1. The van der Waals surface area contributed by atoms with Gasteiger partial charge in [0.25, 0.3) is 0 Å². The molecule has 4 nitrogen and oxygen atoms in total. The summed E-state index contributed by atoms with van der Waals surface area (Å²) in [6.07, 6.45) is 1.79. The minimum Gasteiger partial charge on any atom is -0.506 e. The van der Waals surface area contributed by atoms with Crippen molar-refractivity contribution >= 4 is 34.4 Å². The van der Waals surface area contributed by atoms with Gasteiger partial charge in [-0.15, -0.1) is 11.3 Å². The van der Waals surface area contributed by atoms with E-state index in [1.165, 1.54) is 10.4 Å². The summed E-state index contributed by atoms with van der Waals surface area (Å²) in [4.78, 5) is 7.75. The lowest BCUT2D eigenvalue weighted by Crippen LogP contribution is -2.29. The molecule has 0 spiro atoms. The highest BCUT2D eigenvalue weighted by Crippen LogP contribution is 2.46. The monoisotopic (exact) mass is 367 g/mol. The highest BCUT2D eigenvalue weighted by atomic mass is 32.1. The van der Waals surface area contributed by atoms with Crippen molar-refractivity contribution in [2.45, 2.75) is 19.0 Å². The third-order valence-electron chi connectivity index (χ3n) is 4.41. The second-order valence-corrected chi connectivity index (χ2v) is 7.29. The average Bonchev–Trinajstić information content (AvgIpc) is 3.19. The molecular formula is C19H17N3OS2. The van der Waals surface area contributed by atoms with Gasteiger partial charge in [0.05, 0.1) is 23.5 Å². The van der Waals surface area contributed by atoms with Crippen molar-refractivity contribution in [2.24, 2.45) is 0 Å². The smallest absolute Gasteiger partial charge is 0.174 e. The summed E-state index contributed by atoms with van der Waals surface area (Å²) >= 11 is 7.33. The first kappa shape index (κ1) is 16.1. The van der Waals surface area contributed by atoms with Crippen LogP contribution >= 0.6 is 23.6 Å². The number of thiocarbonyl (C=S) groups is 1. The average molecular weight is 367 g/mol. The van der Waals surface area contributed by atoms with E-state index in [4.69, 9.17) is 12.2 Å². The Morgan fingerprint density at radius 3 is 2.64 bits per heavy atom. The summed E-state index contributed by atoms with van der Waals surface area (Å²) in [6, 6.07) is 15.2. The Balaban J connectivity index is 1.87. The Bertz CT molecular complexity index is 910. The number of pyridine rings is 1. The van der Waals surface area contributed by atoms with Gasteiger partial charge < -0.3 is 15.3 Å². The molecule has 1 aliphatic rings. The van der Waals surface area contributed by atoms with Crippen molar-refractivity contribution in [3.05, 3.63) is 76.2 Å². The van der Waals surface area contributed by atoms with Gasteiger partial charge in [-0.2, -0.15) is 0 Å². The summed E-state index contributed by atoms with van der Waals surface area (Å²) in [6.45, 7) is 2.10. The minimum atomic E-state index is -0.0781. The van der Waals surface area contributed by atoms with Crippen LogP contribution < -0.4 is 10.2 Å². The summed E-state index contributed by atoms with van der Waals surface area (Å²) in [5.41, 5.74) is 2.85. The second-order valence-electron chi connectivity index (χ2n) is 5.95. The number of thiophene rings is 1. The molecule has 2 atom stereocenters. The maximum Gasteiger partial charge on any atom is 0.174 e. The van der Waals surface area contributed by atoms with Crippen LogP contribution in [0.5, 0.6) is 5.75 Å². The molecule has 3 aromatic rings. The van der Waals surface area contributed by atoms with Crippen molar-refractivity contribution in [1.29, 1.82) is 0 Å². The zero-order chi connectivity index (χ0) is 17.4. The maximum atomic E-state index is 10.4. The molecule has 2 unspecified atom stereocenters. The standard InChI is InChI=1S/C19H17N3OS2/c1-12-9-11-25-18(12)17-16(13-6-4-5-10-20-13)21-19(24)22(17)14-7-2-3-8-15(14)23/h2-11,16-17,23H,1H3,(H,21,24). The fourth-order valence-electron chi connectivity index (χ4n) is 3.24. The van der Waals surface area contributed by atoms with E-state index in [1.807, 2.05) is 41.3 Å². The molecule has 0 amide bonds. The first-order valence-electron chi connectivity index (χ1n) is 7.99. The molecule has 25 heavy (non-hydrogen) atoms. The summed E-state index contributed by atoms with van der Waals surface area (Å²) in [5, 5.41) is 16.5. The lowest BCUT2D eigenvalue weighted by Gasteiger charge is -2.28. The molecule has 4 rings (SSSR count). The van der Waals surface area contributed by atoms with E-state index in [1.54, 1.807) is 23.6 Å². The second kappa shape index (κ2) is 6.46. The van der Waals surface area contributed by atoms with E-state index in [-0.39, 0.29) is 17.8 Å². The van der Waals surface area contributed by atoms with Gasteiger partial charge in [-0.1, -0.05) is 18.2 Å². The third-order valence-corrected chi connectivity index (χ3v) is 5.81. The van der Waals surface area contributed by atoms with Crippen molar-refractivity contribution in [1.82, 2.24) is 10.3 Å². The van der Waals surface area contributed by atoms with Gasteiger partial charge in [0.2, 0.25) is 0 Å². The van der Waals surface area contributed by atoms with Crippen LogP contribution in [0.3, 0.4) is 0 Å². The SMILES string of the molecule is Cc1ccsc1C1C(c2ccccn2)NC(=S)N1c1ccccc1O. The number of anilines is 1. The van der Waals surface area contributed by atoms with Crippen LogP contribution in [0.25, 0.3) is 0 Å². The van der Waals surface area contributed by atoms with Crippen LogP contribution in [0.2, 0.25) is 0 Å². The third kappa shape index (κ3) is 2.77. The highest BCUT2D eigenvalue weighted by Gasteiger charge is 2.42. The Morgan fingerprint density at radius 1 is 1.16 bits per heavy atom. The Kier molecular flexibility index (Phi) is 4.15. The fraction of sp³-hybridized carbons (Fsp3) is 0.158. The largest absolute Gasteiger partial charge is 0.506 e. The van der Waals surface area contributed by atoms with Gasteiger partial charge in [0.15, 0.2) is 5.11 Å². The molecule has 1 aliphatic heterocycles. The first-order chi connectivity index (χ1) is 12.2. The zero-order valence-corrected chi connectivity index (χ0v) is 15.2. The van der Waals surface area contributed by atoms with Crippen molar-refractivity contribution in [2.75, 3.05) is 4.90 Å². The van der Waals surface area contributed by atoms with E-state index in [0.717, 1.165) is 5.69 Å². The number of benzene rings is 1. The molecule has 0 aliphatic carbocycles. The Hall–Kier alpha value is -2.44. The Labute approximate surface area is 155 Å². The minimum absolute atomic E-state index is 0.0595. The topological polar surface area (TPSA) is 48.4 Å². The molecule has 0 radical (unpaired) electrons. The molecule has 1 fully saturated rings.